The summed E-state index contributed by atoms with van der Waals surface area (Å²) in [6, 6.07) is 7.81. The lowest BCUT2D eigenvalue weighted by atomic mass is 10.2. The van der Waals surface area contributed by atoms with E-state index < -0.39 is 15.4 Å². The van der Waals surface area contributed by atoms with Gasteiger partial charge < -0.3 is 14.3 Å². The third-order valence-electron chi connectivity index (χ3n) is 2.32. The van der Waals surface area contributed by atoms with Crippen LogP contribution in [0, 0.1) is 0 Å². The molecule has 1 aromatic rings. The van der Waals surface area contributed by atoms with Gasteiger partial charge in [0.15, 0.2) is 5.25 Å². The summed E-state index contributed by atoms with van der Waals surface area (Å²) in [5, 5.41) is -1.48. The maximum Gasteiger partial charge on any atom is 0.278 e. The predicted molar refractivity (Wildman–Crippen MR) is 68.4 cm³/mol. The number of carbonyl (C=O) groups is 1. The van der Waals surface area contributed by atoms with Gasteiger partial charge in [0, 0.05) is 0 Å². The van der Waals surface area contributed by atoms with E-state index in [2.05, 4.69) is 0 Å². The standard InChI is InChI=1S/C8H8O4S.C4H8O2/c9-6-8(13(10,11)12)7-4-2-1-3-5-7;1-2-6-4-3-5-1/h1-6,8H,(H,10,11,12);1-4H2. The van der Waals surface area contributed by atoms with E-state index in [-0.39, 0.29) is 11.8 Å². The van der Waals surface area contributed by atoms with Crippen LogP contribution < -0.4 is 0 Å². The van der Waals surface area contributed by atoms with Gasteiger partial charge >= 0.3 is 0 Å². The van der Waals surface area contributed by atoms with Gasteiger partial charge in [-0.05, 0) is 5.56 Å². The molecule has 7 heteroatoms. The Morgan fingerprint density at radius 2 is 1.53 bits per heavy atom. The zero-order valence-corrected chi connectivity index (χ0v) is 11.1. The number of carbonyl (C=O) groups excluding carboxylic acids is 1. The molecule has 1 unspecified atom stereocenters. The van der Waals surface area contributed by atoms with Crippen LogP contribution in [0.15, 0.2) is 30.3 Å². The molecule has 1 atom stereocenters. The van der Waals surface area contributed by atoms with Crippen LogP contribution in [-0.2, 0) is 24.4 Å². The van der Waals surface area contributed by atoms with Crippen molar-refractivity contribution in [2.24, 2.45) is 0 Å². The van der Waals surface area contributed by atoms with Crippen LogP contribution in [0.25, 0.3) is 0 Å². The SMILES string of the molecule is C1COCCO1.O=CC(c1ccccc1)S(=O)(=O)O. The van der Waals surface area contributed by atoms with Crippen LogP contribution in [0.2, 0.25) is 0 Å². The summed E-state index contributed by atoms with van der Waals surface area (Å²) in [6.07, 6.45) is 0.199. The fourth-order valence-corrected chi connectivity index (χ4v) is 2.04. The van der Waals surface area contributed by atoms with Crippen molar-refractivity contribution in [3.05, 3.63) is 35.9 Å². The van der Waals surface area contributed by atoms with E-state index >= 15 is 0 Å². The molecule has 2 rings (SSSR count). The highest BCUT2D eigenvalue weighted by molar-refractivity contribution is 7.86. The summed E-state index contributed by atoms with van der Waals surface area (Å²) in [6.45, 7) is 3.11. The molecule has 0 amide bonds. The van der Waals surface area contributed by atoms with Crippen LogP contribution in [0.5, 0.6) is 0 Å². The zero-order chi connectivity index (χ0) is 14.1. The van der Waals surface area contributed by atoms with Gasteiger partial charge in [0.1, 0.15) is 6.29 Å². The monoisotopic (exact) mass is 288 g/mol. The van der Waals surface area contributed by atoms with Crippen molar-refractivity contribution in [3.63, 3.8) is 0 Å². The fourth-order valence-electron chi connectivity index (χ4n) is 1.40. The van der Waals surface area contributed by atoms with Crippen molar-refractivity contribution in [2.75, 3.05) is 26.4 Å². The van der Waals surface area contributed by atoms with Gasteiger partial charge in [-0.2, -0.15) is 8.42 Å². The number of hydrogen-bond donors (Lipinski definition) is 1. The maximum absolute atomic E-state index is 10.7. The van der Waals surface area contributed by atoms with E-state index in [9.17, 15) is 13.2 Å². The molecule has 1 aromatic carbocycles. The molecule has 0 aliphatic carbocycles. The van der Waals surface area contributed by atoms with Crippen molar-refractivity contribution < 1.29 is 27.2 Å². The van der Waals surface area contributed by atoms with E-state index in [1.165, 1.54) is 12.1 Å². The molecule has 0 bridgehead atoms. The van der Waals surface area contributed by atoms with E-state index in [1.807, 2.05) is 0 Å². The minimum Gasteiger partial charge on any atom is -0.377 e. The van der Waals surface area contributed by atoms with Crippen LogP contribution in [0.3, 0.4) is 0 Å². The van der Waals surface area contributed by atoms with Crippen molar-refractivity contribution in [1.82, 2.24) is 0 Å². The molecule has 1 N–H and O–H groups in total. The van der Waals surface area contributed by atoms with Gasteiger partial charge in [0.2, 0.25) is 0 Å². The molecule has 1 heterocycles. The van der Waals surface area contributed by atoms with Crippen molar-refractivity contribution in [3.8, 4) is 0 Å². The highest BCUT2D eigenvalue weighted by Gasteiger charge is 2.23. The molecule has 1 aliphatic heterocycles. The first-order valence-corrected chi connectivity index (χ1v) is 7.18. The third-order valence-corrected chi connectivity index (χ3v) is 3.34. The molecule has 0 saturated carbocycles. The summed E-state index contributed by atoms with van der Waals surface area (Å²) in [5.41, 5.74) is 0.264. The van der Waals surface area contributed by atoms with Gasteiger partial charge in [-0.15, -0.1) is 0 Å². The van der Waals surface area contributed by atoms with Crippen LogP contribution in [0.1, 0.15) is 10.8 Å². The smallest absolute Gasteiger partial charge is 0.278 e. The average Bonchev–Trinajstić information content (AvgIpc) is 2.42. The third kappa shape index (κ3) is 5.93. The fraction of sp³-hybridized carbons (Fsp3) is 0.417. The molecule has 6 nitrogen and oxygen atoms in total. The minimum absolute atomic E-state index is 0.199. The summed E-state index contributed by atoms with van der Waals surface area (Å²) in [4.78, 5) is 10.4. The van der Waals surface area contributed by atoms with E-state index in [0.717, 1.165) is 26.4 Å². The van der Waals surface area contributed by atoms with E-state index in [0.29, 0.717) is 0 Å². The number of hydrogen-bond acceptors (Lipinski definition) is 5. The lowest BCUT2D eigenvalue weighted by Crippen LogP contribution is -2.16. The van der Waals surface area contributed by atoms with Gasteiger partial charge in [-0.3, -0.25) is 4.55 Å². The van der Waals surface area contributed by atoms with Crippen LogP contribution >= 0.6 is 0 Å². The number of ether oxygens (including phenoxy) is 2. The highest BCUT2D eigenvalue weighted by Crippen LogP contribution is 2.17. The molecule has 0 spiro atoms. The molecule has 0 aromatic heterocycles. The van der Waals surface area contributed by atoms with E-state index in [1.54, 1.807) is 18.2 Å². The number of rotatable bonds is 3. The van der Waals surface area contributed by atoms with Crippen molar-refractivity contribution >= 4 is 16.4 Å². The summed E-state index contributed by atoms with van der Waals surface area (Å²) in [5.74, 6) is 0. The Labute approximate surface area is 112 Å². The first-order chi connectivity index (χ1) is 9.05. The summed E-state index contributed by atoms with van der Waals surface area (Å²) >= 11 is 0. The predicted octanol–water partition coefficient (Wildman–Crippen LogP) is 0.848. The van der Waals surface area contributed by atoms with Gasteiger partial charge in [0.05, 0.1) is 26.4 Å². The Morgan fingerprint density at radius 1 is 1.05 bits per heavy atom. The Balaban J connectivity index is 0.000000250. The maximum atomic E-state index is 10.7. The Morgan fingerprint density at radius 3 is 1.84 bits per heavy atom. The summed E-state index contributed by atoms with van der Waals surface area (Å²) < 4.78 is 39.9. The molecule has 106 valence electrons. The molecule has 1 saturated heterocycles. The Kier molecular flexibility index (Phi) is 6.65. The normalized spacial score (nSPS) is 16.9. The van der Waals surface area contributed by atoms with Crippen LogP contribution in [-0.4, -0.2) is 45.7 Å². The molecule has 0 radical (unpaired) electrons. The largest absolute Gasteiger partial charge is 0.377 e. The molecular weight excluding hydrogens is 272 g/mol. The summed E-state index contributed by atoms with van der Waals surface area (Å²) in [7, 11) is -4.34. The second-order valence-electron chi connectivity index (χ2n) is 3.71. The first-order valence-electron chi connectivity index (χ1n) is 5.67. The van der Waals surface area contributed by atoms with Gasteiger partial charge in [-0.1, -0.05) is 30.3 Å². The molecule has 19 heavy (non-hydrogen) atoms. The van der Waals surface area contributed by atoms with E-state index in [4.69, 9.17) is 14.0 Å². The van der Waals surface area contributed by atoms with Gasteiger partial charge in [-0.25, -0.2) is 0 Å². The van der Waals surface area contributed by atoms with Crippen molar-refractivity contribution in [2.45, 2.75) is 5.25 Å². The van der Waals surface area contributed by atoms with Crippen LogP contribution in [0.4, 0.5) is 0 Å². The highest BCUT2D eigenvalue weighted by atomic mass is 32.2. The Hall–Kier alpha value is -1.28. The topological polar surface area (TPSA) is 89.9 Å². The number of benzene rings is 1. The zero-order valence-electron chi connectivity index (χ0n) is 10.3. The second-order valence-corrected chi connectivity index (χ2v) is 5.24. The average molecular weight is 288 g/mol. The van der Waals surface area contributed by atoms with Crippen molar-refractivity contribution in [1.29, 1.82) is 0 Å². The van der Waals surface area contributed by atoms with Gasteiger partial charge in [0.25, 0.3) is 10.1 Å². The molecule has 1 fully saturated rings. The quantitative estimate of drug-likeness (QED) is 0.655. The lowest BCUT2D eigenvalue weighted by molar-refractivity contribution is -0.107. The molecule has 1 aliphatic rings. The molecular formula is C12H16O6S. The first kappa shape index (κ1) is 15.8. The number of aldehydes is 1. The second kappa shape index (κ2) is 8.00. The minimum atomic E-state index is -4.34. The lowest BCUT2D eigenvalue weighted by Gasteiger charge is -2.09. The Bertz CT molecular complexity index is 455.